The summed E-state index contributed by atoms with van der Waals surface area (Å²) < 4.78 is 9.75. The summed E-state index contributed by atoms with van der Waals surface area (Å²) in [4.78, 5) is 5.89. The molecule has 0 aliphatic carbocycles. The number of nitrogens with zero attached hydrogens (tertiary/aromatic N) is 2. The Hall–Kier alpha value is -8.01. The molecule has 3 nitrogen and oxygen atoms in total. The molecule has 0 N–H and O–H groups in total. The lowest BCUT2D eigenvalue weighted by Gasteiger charge is -2.30. The van der Waals surface area contributed by atoms with Crippen LogP contribution < -0.4 is 0 Å². The molecule has 0 saturated heterocycles. The van der Waals surface area contributed by atoms with Crippen molar-refractivity contribution in [1.82, 2.24) is 4.57 Å². The first-order valence-electron chi connectivity index (χ1n) is 22.4. The van der Waals surface area contributed by atoms with Crippen molar-refractivity contribution in [2.45, 2.75) is 25.3 Å². The van der Waals surface area contributed by atoms with E-state index in [1.54, 1.807) is 0 Å². The number of hydrogen-bond donors (Lipinski definition) is 0. The summed E-state index contributed by atoms with van der Waals surface area (Å²) in [6, 6.07) is 77.1. The number of furan rings is 1. The minimum atomic E-state index is -0.183. The lowest BCUT2D eigenvalue weighted by Crippen LogP contribution is -2.21. The minimum Gasteiger partial charge on any atom is -0.460 e. The van der Waals surface area contributed by atoms with Crippen molar-refractivity contribution in [2.75, 3.05) is 0 Å². The van der Waals surface area contributed by atoms with Crippen LogP contribution in [0.1, 0.15) is 47.8 Å². The zero-order chi connectivity index (χ0) is 42.3. The quantitative estimate of drug-likeness (QED) is 0.164. The van der Waals surface area contributed by atoms with Crippen LogP contribution in [0.25, 0.3) is 93.0 Å². The highest BCUT2D eigenvalue weighted by Gasteiger charge is 2.38. The minimum absolute atomic E-state index is 0.00742. The molecule has 0 bridgehead atoms. The van der Waals surface area contributed by atoms with Crippen molar-refractivity contribution in [3.63, 3.8) is 0 Å². The molecule has 10 aromatic carbocycles. The first kappa shape index (κ1) is 36.6. The van der Waals surface area contributed by atoms with Crippen LogP contribution in [0.2, 0.25) is 0 Å². The van der Waals surface area contributed by atoms with E-state index in [0.717, 1.165) is 56.8 Å². The first-order valence-corrected chi connectivity index (χ1v) is 22.4. The largest absolute Gasteiger partial charge is 0.460 e. The van der Waals surface area contributed by atoms with E-state index in [4.69, 9.17) is 9.41 Å². The summed E-state index contributed by atoms with van der Waals surface area (Å²) in [6.45, 7) is 2.28. The third kappa shape index (κ3) is 5.57. The normalized spacial score (nSPS) is 15.1. The van der Waals surface area contributed by atoms with E-state index in [2.05, 4.69) is 224 Å². The molecule has 1 aliphatic rings. The highest BCUT2D eigenvalue weighted by Crippen LogP contribution is 2.50. The second-order valence-electron chi connectivity index (χ2n) is 17.2. The fourth-order valence-corrected chi connectivity index (χ4v) is 10.8. The van der Waals surface area contributed by atoms with Gasteiger partial charge >= 0.3 is 0 Å². The van der Waals surface area contributed by atoms with E-state index < -0.39 is 0 Å². The van der Waals surface area contributed by atoms with Crippen LogP contribution in [0.3, 0.4) is 0 Å². The van der Waals surface area contributed by atoms with Crippen molar-refractivity contribution in [3.8, 4) is 27.9 Å². The van der Waals surface area contributed by atoms with E-state index in [9.17, 15) is 0 Å². The highest BCUT2D eigenvalue weighted by atomic mass is 16.3. The Kier molecular flexibility index (Phi) is 8.32. The standard InChI is InChI=1S/C61H42N2O/c1-2-44-59(62-58(41-23-10-5-11-24-41)57-53-36-50(38-18-6-3-7-19-38)51(37-56(53)64-61(44)57)39-20-8-4-9-21-39)48-32-33-54(47-29-17-16-28-46(47)48)63-55-35-43-26-13-12-25-42(43)34-52(55)49-31-30-40-22-14-15-27-45(40)60(49)63/h3-37,44,59H,2H2,1H3. The van der Waals surface area contributed by atoms with Gasteiger partial charge in [-0.25, -0.2) is 0 Å². The molecule has 2 atom stereocenters. The maximum atomic E-state index is 7.23. The molecular weight excluding hydrogens is 777 g/mol. The molecule has 0 amide bonds. The zero-order valence-electron chi connectivity index (χ0n) is 35.4. The summed E-state index contributed by atoms with van der Waals surface area (Å²) in [5.74, 6) is 1.02. The van der Waals surface area contributed by atoms with Gasteiger partial charge in [0.25, 0.3) is 0 Å². The summed E-state index contributed by atoms with van der Waals surface area (Å²) in [7, 11) is 0. The zero-order valence-corrected chi connectivity index (χ0v) is 35.4. The second-order valence-corrected chi connectivity index (χ2v) is 17.2. The fraction of sp³-hybridized carbons (Fsp3) is 0.0656. The number of aromatic nitrogens is 1. The number of fused-ring (bicyclic) bond motifs is 10. The summed E-state index contributed by atoms with van der Waals surface area (Å²) in [6.07, 6.45) is 0.863. The van der Waals surface area contributed by atoms with Gasteiger partial charge in [0.05, 0.1) is 34.0 Å². The van der Waals surface area contributed by atoms with Gasteiger partial charge in [-0.15, -0.1) is 0 Å². The molecule has 0 radical (unpaired) electrons. The Morgan fingerprint density at radius 2 is 1.06 bits per heavy atom. The van der Waals surface area contributed by atoms with Crippen molar-refractivity contribution in [2.24, 2.45) is 4.99 Å². The van der Waals surface area contributed by atoms with Crippen LogP contribution in [0.5, 0.6) is 0 Å². The summed E-state index contributed by atoms with van der Waals surface area (Å²) in [5, 5.41) is 11.0. The van der Waals surface area contributed by atoms with Gasteiger partial charge in [0.1, 0.15) is 11.3 Å². The maximum absolute atomic E-state index is 7.23. The molecule has 2 unspecified atom stereocenters. The molecule has 0 spiro atoms. The van der Waals surface area contributed by atoms with Crippen molar-refractivity contribution < 1.29 is 4.42 Å². The average Bonchev–Trinajstić information content (AvgIpc) is 3.90. The molecular formula is C61H42N2O. The SMILES string of the molecule is CCC1c2oc3cc(-c4ccccc4)c(-c4ccccc4)cc3c2C(c2ccccc2)=NC1c1ccc(-n2c3cc4ccccc4cc3c3ccc4ccccc4c32)c2ccccc12. The Bertz CT molecular complexity index is 3820. The van der Waals surface area contributed by atoms with Gasteiger partial charge < -0.3 is 8.98 Å². The van der Waals surface area contributed by atoms with E-state index >= 15 is 0 Å². The van der Waals surface area contributed by atoms with Gasteiger partial charge in [-0.05, 0) is 86.1 Å². The molecule has 2 aromatic heterocycles. The highest BCUT2D eigenvalue weighted by molar-refractivity contribution is 6.23. The van der Waals surface area contributed by atoms with Crippen LogP contribution in [0, 0.1) is 0 Å². The molecule has 0 saturated carbocycles. The number of benzene rings is 10. The van der Waals surface area contributed by atoms with Gasteiger partial charge in [0.2, 0.25) is 0 Å². The topological polar surface area (TPSA) is 30.4 Å². The molecule has 64 heavy (non-hydrogen) atoms. The predicted molar refractivity (Wildman–Crippen MR) is 268 cm³/mol. The van der Waals surface area contributed by atoms with Crippen LogP contribution in [0.4, 0.5) is 0 Å². The monoisotopic (exact) mass is 818 g/mol. The molecule has 3 heteroatoms. The third-order valence-corrected chi connectivity index (χ3v) is 13.7. The van der Waals surface area contributed by atoms with E-state index in [0.29, 0.717) is 0 Å². The maximum Gasteiger partial charge on any atom is 0.135 e. The van der Waals surface area contributed by atoms with Crippen LogP contribution in [0.15, 0.2) is 222 Å². The lowest BCUT2D eigenvalue weighted by atomic mass is 9.80. The third-order valence-electron chi connectivity index (χ3n) is 13.7. The first-order chi connectivity index (χ1) is 31.7. The van der Waals surface area contributed by atoms with Crippen LogP contribution in [-0.2, 0) is 0 Å². The van der Waals surface area contributed by atoms with Crippen molar-refractivity contribution >= 4 is 70.8 Å². The summed E-state index contributed by atoms with van der Waals surface area (Å²) in [5.41, 5.74) is 13.5. The van der Waals surface area contributed by atoms with E-state index in [1.165, 1.54) is 70.8 Å². The number of aliphatic imine (C=N–C) groups is 1. The Labute approximate surface area is 371 Å². The van der Waals surface area contributed by atoms with Crippen LogP contribution >= 0.6 is 0 Å². The lowest BCUT2D eigenvalue weighted by molar-refractivity contribution is 0.427. The number of hydrogen-bond acceptors (Lipinski definition) is 2. The second kappa shape index (κ2) is 14.5. The van der Waals surface area contributed by atoms with Gasteiger partial charge in [0, 0.05) is 38.4 Å². The Morgan fingerprint density at radius 1 is 0.469 bits per heavy atom. The van der Waals surface area contributed by atoms with E-state index in [-0.39, 0.29) is 12.0 Å². The van der Waals surface area contributed by atoms with Crippen molar-refractivity contribution in [1.29, 1.82) is 0 Å². The Balaban J connectivity index is 1.06. The van der Waals surface area contributed by atoms with E-state index in [1.807, 2.05) is 0 Å². The molecule has 302 valence electrons. The smallest absolute Gasteiger partial charge is 0.135 e. The van der Waals surface area contributed by atoms with Gasteiger partial charge in [-0.1, -0.05) is 189 Å². The number of rotatable bonds is 6. The fourth-order valence-electron chi connectivity index (χ4n) is 10.8. The van der Waals surface area contributed by atoms with Gasteiger partial charge in [-0.3, -0.25) is 4.99 Å². The molecule has 0 fully saturated rings. The summed E-state index contributed by atoms with van der Waals surface area (Å²) >= 11 is 0. The molecule has 3 heterocycles. The van der Waals surface area contributed by atoms with Crippen LogP contribution in [-0.4, -0.2) is 10.3 Å². The van der Waals surface area contributed by atoms with Crippen molar-refractivity contribution in [3.05, 3.63) is 235 Å². The van der Waals surface area contributed by atoms with Gasteiger partial charge in [0.15, 0.2) is 0 Å². The Morgan fingerprint density at radius 3 is 1.77 bits per heavy atom. The molecule has 1 aliphatic heterocycles. The average molecular weight is 819 g/mol. The molecule has 12 aromatic rings. The van der Waals surface area contributed by atoms with Gasteiger partial charge in [-0.2, -0.15) is 0 Å². The molecule has 13 rings (SSSR count). The predicted octanol–water partition coefficient (Wildman–Crippen LogP) is 16.4.